The molecule has 1 aromatic heterocycles. The number of halogens is 2. The highest BCUT2D eigenvalue weighted by molar-refractivity contribution is 6.37. The second kappa shape index (κ2) is 20.1. The Labute approximate surface area is 321 Å². The molecule has 282 valence electrons. The number of carbonyl (C=O) groups is 2. The number of carbonyl (C=O) groups excluding carboxylic acids is 1. The van der Waals surface area contributed by atoms with Gasteiger partial charge in [-0.2, -0.15) is 0 Å². The first-order chi connectivity index (χ1) is 25.7. The minimum absolute atomic E-state index is 0.00392. The lowest BCUT2D eigenvalue weighted by Crippen LogP contribution is -2.43. The third-order valence-electron chi connectivity index (χ3n) is 8.81. The summed E-state index contributed by atoms with van der Waals surface area (Å²) in [5.74, 6) is 1.11. The molecule has 4 aromatic rings. The monoisotopic (exact) mass is 763 g/mol. The molecule has 10 nitrogen and oxygen atoms in total. The van der Waals surface area contributed by atoms with Crippen molar-refractivity contribution in [3.63, 3.8) is 0 Å². The maximum atomic E-state index is 14.3. The zero-order chi connectivity index (χ0) is 37.6. The van der Waals surface area contributed by atoms with Crippen LogP contribution in [0.3, 0.4) is 0 Å². The Balaban J connectivity index is 1.23. The molecule has 1 aliphatic carbocycles. The summed E-state index contributed by atoms with van der Waals surface area (Å²) in [7, 11) is 1.69. The zero-order valence-corrected chi connectivity index (χ0v) is 31.7. The number of hydrogen-bond donors (Lipinski definition) is 2. The summed E-state index contributed by atoms with van der Waals surface area (Å²) in [4.78, 5) is 32.1. The van der Waals surface area contributed by atoms with E-state index in [-0.39, 0.29) is 31.7 Å². The topological polar surface area (TPSA) is 119 Å². The minimum Gasteiger partial charge on any atom is -0.493 e. The first-order valence-corrected chi connectivity index (χ1v) is 18.7. The molecule has 2 amide bonds. The van der Waals surface area contributed by atoms with Crippen LogP contribution in [0.25, 0.3) is 0 Å². The summed E-state index contributed by atoms with van der Waals surface area (Å²) in [6.45, 7) is 3.93. The van der Waals surface area contributed by atoms with Crippen molar-refractivity contribution in [1.82, 2.24) is 15.2 Å². The first-order valence-electron chi connectivity index (χ1n) is 17.9. The van der Waals surface area contributed by atoms with Gasteiger partial charge in [0.15, 0.2) is 5.75 Å². The highest BCUT2D eigenvalue weighted by Crippen LogP contribution is 2.34. The van der Waals surface area contributed by atoms with Crippen LogP contribution < -0.4 is 19.5 Å². The van der Waals surface area contributed by atoms with Crippen molar-refractivity contribution < 1.29 is 33.6 Å². The Hall–Kier alpha value is -4.51. The lowest BCUT2D eigenvalue weighted by atomic mass is 9.97. The summed E-state index contributed by atoms with van der Waals surface area (Å²) in [5, 5.41) is 12.8. The molecule has 5 rings (SSSR count). The summed E-state index contributed by atoms with van der Waals surface area (Å²) < 4.78 is 23.1. The van der Waals surface area contributed by atoms with E-state index in [0.29, 0.717) is 54.1 Å². The number of rotatable bonds is 21. The number of nitrogens with one attached hydrogen (secondary N) is 1. The quantitative estimate of drug-likeness (QED) is 0.0821. The Bertz CT molecular complexity index is 1770. The molecule has 1 unspecified atom stereocenters. The molecule has 1 saturated carbocycles. The number of carboxylic acid groups (broad SMARTS) is 1. The van der Waals surface area contributed by atoms with Gasteiger partial charge in [-0.15, -0.1) is 0 Å². The molecule has 12 heteroatoms. The number of hydrogen-bond acceptors (Lipinski definition) is 7. The van der Waals surface area contributed by atoms with Crippen LogP contribution >= 0.6 is 23.2 Å². The van der Waals surface area contributed by atoms with Gasteiger partial charge in [0.05, 0.1) is 22.6 Å². The zero-order valence-electron chi connectivity index (χ0n) is 30.2. The van der Waals surface area contributed by atoms with Gasteiger partial charge in [0.1, 0.15) is 24.7 Å². The van der Waals surface area contributed by atoms with Crippen LogP contribution in [-0.4, -0.2) is 73.1 Å². The number of pyridine rings is 1. The van der Waals surface area contributed by atoms with E-state index in [4.69, 9.17) is 42.1 Å². The number of amides is 2. The van der Waals surface area contributed by atoms with Crippen LogP contribution in [0.2, 0.25) is 10.0 Å². The van der Waals surface area contributed by atoms with Crippen LogP contribution in [0.1, 0.15) is 47.2 Å². The first kappa shape index (κ1) is 39.7. The number of aromatic nitrogens is 1. The van der Waals surface area contributed by atoms with E-state index in [0.717, 1.165) is 59.4 Å². The Morgan fingerprint density at radius 2 is 1.58 bits per heavy atom. The van der Waals surface area contributed by atoms with Crippen molar-refractivity contribution >= 4 is 35.2 Å². The van der Waals surface area contributed by atoms with E-state index in [9.17, 15) is 14.7 Å². The van der Waals surface area contributed by atoms with Gasteiger partial charge in [0, 0.05) is 51.2 Å². The molecule has 1 atom stereocenters. The van der Waals surface area contributed by atoms with Crippen molar-refractivity contribution in [1.29, 1.82) is 0 Å². The van der Waals surface area contributed by atoms with Gasteiger partial charge < -0.3 is 34.3 Å². The van der Waals surface area contributed by atoms with Crippen molar-refractivity contribution in [3.05, 3.63) is 117 Å². The molecule has 0 bridgehead atoms. The van der Waals surface area contributed by atoms with E-state index in [1.165, 1.54) is 0 Å². The highest BCUT2D eigenvalue weighted by atomic mass is 35.5. The molecule has 0 radical (unpaired) electrons. The van der Waals surface area contributed by atoms with Crippen molar-refractivity contribution in [2.24, 2.45) is 5.92 Å². The maximum absolute atomic E-state index is 14.3. The van der Waals surface area contributed by atoms with Crippen LogP contribution in [0.4, 0.5) is 4.79 Å². The van der Waals surface area contributed by atoms with Crippen LogP contribution in [0.5, 0.6) is 17.2 Å². The van der Waals surface area contributed by atoms with E-state index in [1.807, 2.05) is 60.4 Å². The predicted molar refractivity (Wildman–Crippen MR) is 205 cm³/mol. The average Bonchev–Trinajstić information content (AvgIpc) is 3.98. The SMILES string of the molecule is COCCCc1cc(CN(C(=O)C(CNC(=O)O)Cc2ccc(OCCOc3c(Cl)cc(C)cc3Cl)cc2)C2CC2)cc(OCCc2ccccn2)c1. The normalized spacial score (nSPS) is 12.9. The van der Waals surface area contributed by atoms with Crippen molar-refractivity contribution in [3.8, 4) is 17.2 Å². The fourth-order valence-corrected chi connectivity index (χ4v) is 6.79. The van der Waals surface area contributed by atoms with Crippen LogP contribution in [-0.2, 0) is 35.3 Å². The molecule has 1 heterocycles. The van der Waals surface area contributed by atoms with E-state index in [1.54, 1.807) is 25.4 Å². The third kappa shape index (κ3) is 12.8. The van der Waals surface area contributed by atoms with E-state index < -0.39 is 12.0 Å². The number of methoxy groups -OCH3 is 1. The molecule has 3 aromatic carbocycles. The highest BCUT2D eigenvalue weighted by Gasteiger charge is 2.36. The molecule has 0 saturated heterocycles. The molecule has 2 N–H and O–H groups in total. The summed E-state index contributed by atoms with van der Waals surface area (Å²) in [5.41, 5.74) is 4.86. The Morgan fingerprint density at radius 3 is 2.26 bits per heavy atom. The number of ether oxygens (including phenoxy) is 4. The van der Waals surface area contributed by atoms with E-state index in [2.05, 4.69) is 22.4 Å². The maximum Gasteiger partial charge on any atom is 0.404 e. The van der Waals surface area contributed by atoms with E-state index >= 15 is 0 Å². The molecule has 1 fully saturated rings. The van der Waals surface area contributed by atoms with Gasteiger partial charge in [-0.3, -0.25) is 9.78 Å². The molecule has 1 aliphatic rings. The van der Waals surface area contributed by atoms with Gasteiger partial charge in [-0.05, 0) is 110 Å². The van der Waals surface area contributed by atoms with Gasteiger partial charge in [0.25, 0.3) is 0 Å². The lowest BCUT2D eigenvalue weighted by Gasteiger charge is -2.28. The lowest BCUT2D eigenvalue weighted by molar-refractivity contribution is -0.136. The number of aryl methyl sites for hydroxylation is 2. The standard InChI is InChI=1S/C41H47Cl2N3O7/c1-28-20-37(42)39(38(43)21-28)53-19-18-52-35-12-8-29(9-13-35)23-32(26-45-41(48)49)40(47)46(34-10-11-34)27-31-22-30(6-5-16-50-2)24-36(25-31)51-17-14-33-7-3-4-15-44-33/h3-4,7-9,12-13,15,20-22,24-25,32,34,45H,5-6,10-11,14,16-19,23,26-27H2,1-2H3,(H,48,49). The van der Waals surface area contributed by atoms with Crippen molar-refractivity contribution in [2.75, 3.05) is 40.1 Å². The van der Waals surface area contributed by atoms with Gasteiger partial charge in [-0.1, -0.05) is 47.5 Å². The number of benzene rings is 3. The van der Waals surface area contributed by atoms with Gasteiger partial charge in [0.2, 0.25) is 5.91 Å². The van der Waals surface area contributed by atoms with Crippen LogP contribution in [0, 0.1) is 12.8 Å². The van der Waals surface area contributed by atoms with Crippen LogP contribution in [0.15, 0.2) is 79.0 Å². The molecule has 53 heavy (non-hydrogen) atoms. The second-order valence-corrected chi connectivity index (χ2v) is 14.0. The fraction of sp³-hybridized carbons (Fsp3) is 0.390. The third-order valence-corrected chi connectivity index (χ3v) is 9.37. The Morgan fingerprint density at radius 1 is 0.868 bits per heavy atom. The molecular weight excluding hydrogens is 717 g/mol. The molecule has 0 aliphatic heterocycles. The molecule has 0 spiro atoms. The van der Waals surface area contributed by atoms with Crippen molar-refractivity contribution in [2.45, 2.75) is 58.0 Å². The predicted octanol–water partition coefficient (Wildman–Crippen LogP) is 7.97. The Kier molecular flexibility index (Phi) is 15.0. The summed E-state index contributed by atoms with van der Waals surface area (Å²) >= 11 is 12.6. The largest absolute Gasteiger partial charge is 0.493 e. The summed E-state index contributed by atoms with van der Waals surface area (Å²) in [6, 6.07) is 23.1. The second-order valence-electron chi connectivity index (χ2n) is 13.2. The van der Waals surface area contributed by atoms with Gasteiger partial charge in [-0.25, -0.2) is 4.79 Å². The number of nitrogens with zero attached hydrogens (tertiary/aromatic N) is 2. The minimum atomic E-state index is -1.17. The smallest absolute Gasteiger partial charge is 0.404 e. The summed E-state index contributed by atoms with van der Waals surface area (Å²) in [6.07, 6.45) is 5.11. The van der Waals surface area contributed by atoms with Gasteiger partial charge >= 0.3 is 6.09 Å². The fourth-order valence-electron chi connectivity index (χ4n) is 6.08. The average molecular weight is 765 g/mol. The molecular formula is C41H47Cl2N3O7.